The van der Waals surface area contributed by atoms with Crippen LogP contribution >= 0.6 is 0 Å². The summed E-state index contributed by atoms with van der Waals surface area (Å²) in [7, 11) is -2.98. The van der Waals surface area contributed by atoms with Crippen molar-refractivity contribution in [3.63, 3.8) is 0 Å². The first kappa shape index (κ1) is 16.2. The van der Waals surface area contributed by atoms with Crippen LogP contribution < -0.4 is 5.32 Å². The molecule has 0 radical (unpaired) electrons. The highest BCUT2D eigenvalue weighted by molar-refractivity contribution is 7.90. The highest BCUT2D eigenvalue weighted by atomic mass is 32.2. The molecule has 1 rings (SSSR count). The number of aryl methyl sites for hydroxylation is 1. The second-order valence-corrected chi connectivity index (χ2v) is 7.23. The minimum Gasteiger partial charge on any atom is -0.309 e. The van der Waals surface area contributed by atoms with Gasteiger partial charge in [0.15, 0.2) is 0 Å². The van der Waals surface area contributed by atoms with E-state index in [0.29, 0.717) is 0 Å². The molecule has 1 N–H and O–H groups in total. The topological polar surface area (TPSA) is 46.2 Å². The Morgan fingerprint density at radius 3 is 2.26 bits per heavy atom. The Bertz CT molecular complexity index is 465. The van der Waals surface area contributed by atoms with E-state index < -0.39 is 9.84 Å². The summed E-state index contributed by atoms with van der Waals surface area (Å²) in [6, 6.07) is 8.20. The van der Waals surface area contributed by atoms with E-state index in [-0.39, 0.29) is 11.8 Å². The van der Waals surface area contributed by atoms with E-state index in [0.717, 1.165) is 18.5 Å². The Labute approximate surface area is 117 Å². The van der Waals surface area contributed by atoms with E-state index >= 15 is 0 Å². The van der Waals surface area contributed by atoms with Gasteiger partial charge in [-0.15, -0.1) is 0 Å². The highest BCUT2D eigenvalue weighted by Gasteiger charge is 2.16. The lowest BCUT2D eigenvalue weighted by Gasteiger charge is -2.17. The van der Waals surface area contributed by atoms with Crippen molar-refractivity contribution < 1.29 is 8.42 Å². The van der Waals surface area contributed by atoms with Crippen molar-refractivity contribution in [2.45, 2.75) is 39.2 Å². The van der Waals surface area contributed by atoms with Gasteiger partial charge in [-0.05, 0) is 30.5 Å². The molecule has 1 aromatic rings. The van der Waals surface area contributed by atoms with E-state index in [2.05, 4.69) is 24.4 Å². The number of benzene rings is 1. The highest BCUT2D eigenvalue weighted by Crippen LogP contribution is 2.17. The van der Waals surface area contributed by atoms with Gasteiger partial charge in [-0.1, -0.05) is 44.5 Å². The lowest BCUT2D eigenvalue weighted by atomic mass is 10.0. The first-order valence-electron chi connectivity index (χ1n) is 6.96. The summed E-state index contributed by atoms with van der Waals surface area (Å²) < 4.78 is 22.9. The molecule has 0 heterocycles. The maximum absolute atomic E-state index is 11.5. The van der Waals surface area contributed by atoms with Crippen LogP contribution in [0.1, 0.15) is 43.9 Å². The fourth-order valence-electron chi connectivity index (χ4n) is 2.12. The first-order chi connectivity index (χ1) is 8.96. The summed E-state index contributed by atoms with van der Waals surface area (Å²) in [4.78, 5) is 0. The predicted molar refractivity (Wildman–Crippen MR) is 81.2 cm³/mol. The van der Waals surface area contributed by atoms with Crippen LogP contribution in [0.3, 0.4) is 0 Å². The van der Waals surface area contributed by atoms with Crippen LogP contribution in [-0.2, 0) is 16.3 Å². The SMILES string of the molecule is CCCCc1ccc(C(CS(C)(=O)=O)NCC)cc1. The predicted octanol–water partition coefficient (Wildman–Crippen LogP) is 2.72. The van der Waals surface area contributed by atoms with E-state index in [1.807, 2.05) is 19.1 Å². The monoisotopic (exact) mass is 283 g/mol. The second-order valence-electron chi connectivity index (χ2n) is 5.05. The van der Waals surface area contributed by atoms with Gasteiger partial charge in [0, 0.05) is 12.3 Å². The summed E-state index contributed by atoms with van der Waals surface area (Å²) >= 11 is 0. The molecule has 0 aliphatic carbocycles. The van der Waals surface area contributed by atoms with E-state index in [1.54, 1.807) is 0 Å². The Balaban J connectivity index is 2.79. The molecule has 4 heteroatoms. The maximum Gasteiger partial charge on any atom is 0.149 e. The average Bonchev–Trinajstić information content (AvgIpc) is 2.35. The Morgan fingerprint density at radius 2 is 1.79 bits per heavy atom. The number of sulfone groups is 1. The normalized spacial score (nSPS) is 13.4. The fraction of sp³-hybridized carbons (Fsp3) is 0.600. The molecule has 1 aromatic carbocycles. The third-order valence-corrected chi connectivity index (χ3v) is 4.06. The summed E-state index contributed by atoms with van der Waals surface area (Å²) in [6.45, 7) is 4.93. The Kier molecular flexibility index (Phi) is 6.52. The molecule has 1 atom stereocenters. The molecule has 19 heavy (non-hydrogen) atoms. The number of hydrogen-bond acceptors (Lipinski definition) is 3. The van der Waals surface area contributed by atoms with Crippen LogP contribution in [0.25, 0.3) is 0 Å². The number of rotatable bonds is 8. The van der Waals surface area contributed by atoms with Crippen LogP contribution in [0.5, 0.6) is 0 Å². The van der Waals surface area contributed by atoms with Crippen molar-refractivity contribution in [3.8, 4) is 0 Å². The summed E-state index contributed by atoms with van der Waals surface area (Å²) in [5.74, 6) is 0.148. The Hall–Kier alpha value is -0.870. The van der Waals surface area contributed by atoms with Crippen LogP contribution in [0, 0.1) is 0 Å². The summed E-state index contributed by atoms with van der Waals surface area (Å²) in [5.41, 5.74) is 2.37. The van der Waals surface area contributed by atoms with E-state index in [9.17, 15) is 8.42 Å². The molecular formula is C15H25NO2S. The molecule has 0 amide bonds. The van der Waals surface area contributed by atoms with Crippen LogP contribution in [0.15, 0.2) is 24.3 Å². The van der Waals surface area contributed by atoms with Gasteiger partial charge in [0.25, 0.3) is 0 Å². The average molecular weight is 283 g/mol. The van der Waals surface area contributed by atoms with Crippen LogP contribution in [-0.4, -0.2) is 27.0 Å². The molecule has 0 aromatic heterocycles. The molecule has 0 aliphatic heterocycles. The van der Waals surface area contributed by atoms with Crippen molar-refractivity contribution in [2.75, 3.05) is 18.6 Å². The zero-order chi connectivity index (χ0) is 14.3. The molecule has 0 saturated heterocycles. The van der Waals surface area contributed by atoms with Gasteiger partial charge in [0.05, 0.1) is 5.75 Å². The standard InChI is InChI=1S/C15H25NO2S/c1-4-6-7-13-8-10-14(11-9-13)15(16-5-2)12-19(3,17)18/h8-11,15-16H,4-7,12H2,1-3H3. The van der Waals surface area contributed by atoms with Gasteiger partial charge in [-0.25, -0.2) is 8.42 Å². The zero-order valence-corrected chi connectivity index (χ0v) is 13.0. The molecule has 0 bridgehead atoms. The van der Waals surface area contributed by atoms with Gasteiger partial charge >= 0.3 is 0 Å². The van der Waals surface area contributed by atoms with E-state index in [1.165, 1.54) is 24.7 Å². The van der Waals surface area contributed by atoms with Gasteiger partial charge < -0.3 is 5.32 Å². The first-order valence-corrected chi connectivity index (χ1v) is 9.02. The summed E-state index contributed by atoms with van der Waals surface area (Å²) in [5, 5.41) is 3.24. The van der Waals surface area contributed by atoms with Gasteiger partial charge in [0.2, 0.25) is 0 Å². The van der Waals surface area contributed by atoms with Crippen molar-refractivity contribution in [1.29, 1.82) is 0 Å². The van der Waals surface area contributed by atoms with Crippen molar-refractivity contribution >= 4 is 9.84 Å². The molecule has 0 aliphatic rings. The molecule has 0 fully saturated rings. The minimum atomic E-state index is -2.98. The lowest BCUT2D eigenvalue weighted by Crippen LogP contribution is -2.27. The quantitative estimate of drug-likeness (QED) is 0.798. The molecule has 0 spiro atoms. The third-order valence-electron chi connectivity index (χ3n) is 3.12. The third kappa shape index (κ3) is 6.21. The molecule has 3 nitrogen and oxygen atoms in total. The molecular weight excluding hydrogens is 258 g/mol. The minimum absolute atomic E-state index is 0.111. The van der Waals surface area contributed by atoms with Gasteiger partial charge in [-0.2, -0.15) is 0 Å². The van der Waals surface area contributed by atoms with Crippen molar-refractivity contribution in [3.05, 3.63) is 35.4 Å². The van der Waals surface area contributed by atoms with Gasteiger partial charge in [0.1, 0.15) is 9.84 Å². The molecule has 108 valence electrons. The van der Waals surface area contributed by atoms with Crippen LogP contribution in [0.2, 0.25) is 0 Å². The van der Waals surface area contributed by atoms with Crippen molar-refractivity contribution in [1.82, 2.24) is 5.32 Å². The largest absolute Gasteiger partial charge is 0.309 e. The molecule has 1 unspecified atom stereocenters. The second kappa shape index (κ2) is 7.65. The Morgan fingerprint density at radius 1 is 1.16 bits per heavy atom. The lowest BCUT2D eigenvalue weighted by molar-refractivity contribution is 0.563. The number of unbranched alkanes of at least 4 members (excludes halogenated alkanes) is 1. The molecule has 0 saturated carbocycles. The fourth-order valence-corrected chi connectivity index (χ4v) is 3.04. The van der Waals surface area contributed by atoms with Crippen molar-refractivity contribution in [2.24, 2.45) is 0 Å². The summed E-state index contributed by atoms with van der Waals surface area (Å²) in [6.07, 6.45) is 4.76. The van der Waals surface area contributed by atoms with Crippen LogP contribution in [0.4, 0.5) is 0 Å². The van der Waals surface area contributed by atoms with E-state index in [4.69, 9.17) is 0 Å². The smallest absolute Gasteiger partial charge is 0.149 e. The maximum atomic E-state index is 11.5. The van der Waals surface area contributed by atoms with Gasteiger partial charge in [-0.3, -0.25) is 0 Å². The number of hydrogen-bond donors (Lipinski definition) is 1. The zero-order valence-electron chi connectivity index (χ0n) is 12.1. The number of nitrogens with one attached hydrogen (secondary N) is 1.